The number of aryl methyl sites for hydroxylation is 3. The lowest BCUT2D eigenvalue weighted by Gasteiger charge is -2.09. The lowest BCUT2D eigenvalue weighted by atomic mass is 10.2. The van der Waals surface area contributed by atoms with E-state index in [1.807, 2.05) is 13.0 Å². The standard InChI is InChI=1S/C17H16ClNO3S/c1-10-7-12(18)5-6-13(10)19-16(20)9-22-17(21)15-8-11-3-2-4-14(11)23-15/h5-8H,2-4,9H2,1H3,(H,19,20). The Morgan fingerprint density at radius 1 is 1.30 bits per heavy atom. The highest BCUT2D eigenvalue weighted by Gasteiger charge is 2.20. The molecule has 4 nitrogen and oxygen atoms in total. The molecule has 0 saturated heterocycles. The van der Waals surface area contributed by atoms with Gasteiger partial charge in [-0.05, 0) is 61.6 Å². The summed E-state index contributed by atoms with van der Waals surface area (Å²) in [4.78, 5) is 25.8. The first-order valence-corrected chi connectivity index (χ1v) is 8.57. The largest absolute Gasteiger partial charge is 0.451 e. The van der Waals surface area contributed by atoms with Crippen molar-refractivity contribution in [2.45, 2.75) is 26.2 Å². The van der Waals surface area contributed by atoms with Gasteiger partial charge >= 0.3 is 5.97 Å². The molecule has 2 aromatic rings. The number of hydrogen-bond acceptors (Lipinski definition) is 4. The third-order valence-electron chi connectivity index (χ3n) is 3.74. The van der Waals surface area contributed by atoms with Crippen LogP contribution in [0.2, 0.25) is 5.02 Å². The van der Waals surface area contributed by atoms with Crippen molar-refractivity contribution in [3.8, 4) is 0 Å². The predicted octanol–water partition coefficient (Wildman–Crippen LogP) is 3.99. The van der Waals surface area contributed by atoms with Crippen LogP contribution in [0.15, 0.2) is 24.3 Å². The first-order chi connectivity index (χ1) is 11.0. The van der Waals surface area contributed by atoms with Crippen LogP contribution in [-0.2, 0) is 22.4 Å². The van der Waals surface area contributed by atoms with Crippen molar-refractivity contribution < 1.29 is 14.3 Å². The number of ether oxygens (including phenoxy) is 1. The summed E-state index contributed by atoms with van der Waals surface area (Å²) in [6.45, 7) is 1.55. The SMILES string of the molecule is Cc1cc(Cl)ccc1NC(=O)COC(=O)c1cc2c(s1)CCC2. The first kappa shape index (κ1) is 16.0. The summed E-state index contributed by atoms with van der Waals surface area (Å²) in [5.41, 5.74) is 2.75. The van der Waals surface area contributed by atoms with Crippen molar-refractivity contribution in [2.24, 2.45) is 0 Å². The minimum atomic E-state index is -0.438. The van der Waals surface area contributed by atoms with Crippen LogP contribution >= 0.6 is 22.9 Å². The molecule has 0 unspecified atom stereocenters. The number of hydrogen-bond donors (Lipinski definition) is 1. The lowest BCUT2D eigenvalue weighted by Crippen LogP contribution is -2.21. The summed E-state index contributed by atoms with van der Waals surface area (Å²) >= 11 is 7.34. The van der Waals surface area contributed by atoms with E-state index in [0.717, 1.165) is 24.8 Å². The average molecular weight is 350 g/mol. The quantitative estimate of drug-likeness (QED) is 0.849. The highest BCUT2D eigenvalue weighted by atomic mass is 35.5. The van der Waals surface area contributed by atoms with Crippen LogP contribution in [-0.4, -0.2) is 18.5 Å². The number of carbonyl (C=O) groups is 2. The number of rotatable bonds is 4. The highest BCUT2D eigenvalue weighted by molar-refractivity contribution is 7.14. The van der Waals surface area contributed by atoms with Gasteiger partial charge < -0.3 is 10.1 Å². The highest BCUT2D eigenvalue weighted by Crippen LogP contribution is 2.30. The molecule has 0 bridgehead atoms. The van der Waals surface area contributed by atoms with Crippen molar-refractivity contribution in [1.29, 1.82) is 0 Å². The van der Waals surface area contributed by atoms with Crippen LogP contribution in [0.5, 0.6) is 0 Å². The Labute approximate surface area is 143 Å². The molecule has 1 aliphatic rings. The van der Waals surface area contributed by atoms with E-state index in [2.05, 4.69) is 5.32 Å². The van der Waals surface area contributed by atoms with Gasteiger partial charge in [0.25, 0.3) is 5.91 Å². The zero-order valence-electron chi connectivity index (χ0n) is 12.6. The number of thiophene rings is 1. The molecule has 1 heterocycles. The van der Waals surface area contributed by atoms with E-state index >= 15 is 0 Å². The van der Waals surface area contributed by atoms with Gasteiger partial charge in [-0.1, -0.05) is 11.6 Å². The van der Waals surface area contributed by atoms with E-state index < -0.39 is 5.97 Å². The second-order valence-electron chi connectivity index (χ2n) is 5.50. The predicted molar refractivity (Wildman–Crippen MR) is 91.4 cm³/mol. The van der Waals surface area contributed by atoms with Gasteiger partial charge in [0.15, 0.2) is 6.61 Å². The number of fused-ring (bicyclic) bond motifs is 1. The van der Waals surface area contributed by atoms with Crippen LogP contribution in [0.4, 0.5) is 5.69 Å². The van der Waals surface area contributed by atoms with Gasteiger partial charge in [-0.15, -0.1) is 11.3 Å². The molecule has 3 rings (SSSR count). The minimum Gasteiger partial charge on any atom is -0.451 e. The number of amides is 1. The molecular formula is C17H16ClNO3S. The number of carbonyl (C=O) groups excluding carboxylic acids is 2. The van der Waals surface area contributed by atoms with Gasteiger partial charge in [0, 0.05) is 15.6 Å². The van der Waals surface area contributed by atoms with Crippen LogP contribution in [0, 0.1) is 6.92 Å². The third-order valence-corrected chi connectivity index (χ3v) is 5.20. The Kier molecular flexibility index (Phi) is 4.68. The van der Waals surface area contributed by atoms with Gasteiger partial charge in [0.2, 0.25) is 0 Å². The fourth-order valence-electron chi connectivity index (χ4n) is 2.59. The molecule has 23 heavy (non-hydrogen) atoms. The Morgan fingerprint density at radius 3 is 2.87 bits per heavy atom. The van der Waals surface area contributed by atoms with Crippen molar-refractivity contribution in [2.75, 3.05) is 11.9 Å². The molecule has 1 aromatic heterocycles. The Hall–Kier alpha value is -1.85. The van der Waals surface area contributed by atoms with Crippen molar-refractivity contribution in [3.05, 3.63) is 50.2 Å². The maximum absolute atomic E-state index is 12.0. The summed E-state index contributed by atoms with van der Waals surface area (Å²) < 4.78 is 5.10. The minimum absolute atomic E-state index is 0.302. The number of esters is 1. The Morgan fingerprint density at radius 2 is 2.13 bits per heavy atom. The van der Waals surface area contributed by atoms with Gasteiger partial charge in [0.05, 0.1) is 0 Å². The molecule has 0 spiro atoms. The Bertz CT molecular complexity index is 748. The van der Waals surface area contributed by atoms with E-state index in [1.54, 1.807) is 18.2 Å². The maximum Gasteiger partial charge on any atom is 0.348 e. The monoisotopic (exact) mass is 349 g/mol. The molecular weight excluding hydrogens is 334 g/mol. The summed E-state index contributed by atoms with van der Waals surface area (Å²) in [5.74, 6) is -0.805. The fraction of sp³-hybridized carbons (Fsp3) is 0.294. The molecule has 0 atom stereocenters. The topological polar surface area (TPSA) is 55.4 Å². The number of anilines is 1. The van der Waals surface area contributed by atoms with Gasteiger partial charge in [0.1, 0.15) is 4.88 Å². The third kappa shape index (κ3) is 3.74. The van der Waals surface area contributed by atoms with Crippen molar-refractivity contribution in [1.82, 2.24) is 0 Å². The molecule has 0 aliphatic heterocycles. The first-order valence-electron chi connectivity index (χ1n) is 7.37. The molecule has 1 aromatic carbocycles. The van der Waals surface area contributed by atoms with E-state index in [9.17, 15) is 9.59 Å². The fourth-order valence-corrected chi connectivity index (χ4v) is 3.96. The molecule has 1 aliphatic carbocycles. The molecule has 0 saturated carbocycles. The van der Waals surface area contributed by atoms with E-state index in [0.29, 0.717) is 15.6 Å². The molecule has 1 N–H and O–H groups in total. The second kappa shape index (κ2) is 6.72. The average Bonchev–Trinajstić information content (AvgIpc) is 3.09. The molecule has 0 fully saturated rings. The summed E-state index contributed by atoms with van der Waals surface area (Å²) in [6, 6.07) is 7.07. The summed E-state index contributed by atoms with van der Waals surface area (Å²) in [6.07, 6.45) is 3.21. The molecule has 6 heteroatoms. The maximum atomic E-state index is 12.0. The molecule has 1 amide bonds. The zero-order valence-corrected chi connectivity index (χ0v) is 14.2. The second-order valence-corrected chi connectivity index (χ2v) is 7.07. The number of benzene rings is 1. The lowest BCUT2D eigenvalue weighted by molar-refractivity contribution is -0.119. The smallest absolute Gasteiger partial charge is 0.348 e. The van der Waals surface area contributed by atoms with Gasteiger partial charge in [-0.3, -0.25) is 4.79 Å². The van der Waals surface area contributed by atoms with Crippen molar-refractivity contribution >= 4 is 40.5 Å². The molecule has 120 valence electrons. The van der Waals surface area contributed by atoms with Crippen LogP contribution < -0.4 is 5.32 Å². The molecule has 0 radical (unpaired) electrons. The van der Waals surface area contributed by atoms with Crippen LogP contribution in [0.3, 0.4) is 0 Å². The van der Waals surface area contributed by atoms with Crippen molar-refractivity contribution in [3.63, 3.8) is 0 Å². The normalized spacial score (nSPS) is 12.8. The van der Waals surface area contributed by atoms with Crippen LogP contribution in [0.1, 0.15) is 32.1 Å². The summed E-state index contributed by atoms with van der Waals surface area (Å²) in [7, 11) is 0. The van der Waals surface area contributed by atoms with Gasteiger partial charge in [-0.2, -0.15) is 0 Å². The van der Waals surface area contributed by atoms with E-state index in [4.69, 9.17) is 16.3 Å². The summed E-state index contributed by atoms with van der Waals surface area (Å²) in [5, 5.41) is 3.32. The zero-order chi connectivity index (χ0) is 16.4. The van der Waals surface area contributed by atoms with Crippen LogP contribution in [0.25, 0.3) is 0 Å². The number of nitrogens with one attached hydrogen (secondary N) is 1. The van der Waals surface area contributed by atoms with Gasteiger partial charge in [-0.25, -0.2) is 4.79 Å². The van der Waals surface area contributed by atoms with E-state index in [-0.39, 0.29) is 12.5 Å². The Balaban J connectivity index is 1.54. The van der Waals surface area contributed by atoms with E-state index in [1.165, 1.54) is 21.8 Å². The number of halogens is 1.